The molecule has 2 rings (SSSR count). The van der Waals surface area contributed by atoms with E-state index in [9.17, 15) is 9.59 Å². The first kappa shape index (κ1) is 19.5. The van der Waals surface area contributed by atoms with Crippen LogP contribution in [0.25, 0.3) is 0 Å². The van der Waals surface area contributed by atoms with Gasteiger partial charge in [0.2, 0.25) is 5.91 Å². The number of thioether (sulfide) groups is 1. The number of carbonyl (C=O) groups is 2. The van der Waals surface area contributed by atoms with E-state index in [1.54, 1.807) is 0 Å². The summed E-state index contributed by atoms with van der Waals surface area (Å²) in [5.74, 6) is -0.714. The van der Waals surface area contributed by atoms with E-state index < -0.39 is 11.2 Å². The summed E-state index contributed by atoms with van der Waals surface area (Å²) < 4.78 is 5.61. The Morgan fingerprint density at radius 3 is 3.08 bits per heavy atom. The predicted octanol–water partition coefficient (Wildman–Crippen LogP) is 2.16. The molecule has 1 aliphatic heterocycles. The van der Waals surface area contributed by atoms with Crippen molar-refractivity contribution in [3.8, 4) is 11.8 Å². The highest BCUT2D eigenvalue weighted by Crippen LogP contribution is 2.22. The van der Waals surface area contributed by atoms with Crippen molar-refractivity contribution in [2.45, 2.75) is 30.9 Å². The molecule has 0 radical (unpaired) electrons. The number of aliphatic carboxylic acids is 1. The molecule has 9 heteroatoms. The van der Waals surface area contributed by atoms with Gasteiger partial charge in [0.05, 0.1) is 25.3 Å². The van der Waals surface area contributed by atoms with Gasteiger partial charge in [-0.25, -0.2) is 0 Å². The van der Waals surface area contributed by atoms with Gasteiger partial charge in [-0.15, -0.1) is 5.10 Å². The molecular weight excluding hydrogens is 356 g/mol. The van der Waals surface area contributed by atoms with Crippen molar-refractivity contribution in [3.63, 3.8) is 0 Å². The molecule has 1 aromatic rings. The maximum absolute atomic E-state index is 11.6. The zero-order valence-corrected chi connectivity index (χ0v) is 14.7. The SMILES string of the molecule is N#CCCCCOc1cccc(C=NN=C2NC(=O)C(CC(=O)O)S2)c1. The number of nitrogens with one attached hydrogen (secondary N) is 1. The molecule has 1 amide bonds. The molecule has 0 saturated carbocycles. The fraction of sp³-hybridized carbons (Fsp3) is 0.353. The third-order valence-electron chi connectivity index (χ3n) is 3.30. The normalized spacial score (nSPS) is 18.0. The highest BCUT2D eigenvalue weighted by atomic mass is 32.2. The maximum Gasteiger partial charge on any atom is 0.305 e. The second-order valence-corrected chi connectivity index (χ2v) is 6.57. The van der Waals surface area contributed by atoms with Crippen molar-refractivity contribution in [3.05, 3.63) is 29.8 Å². The number of hydrogen-bond donors (Lipinski definition) is 2. The highest BCUT2D eigenvalue weighted by Gasteiger charge is 2.32. The summed E-state index contributed by atoms with van der Waals surface area (Å²) in [4.78, 5) is 22.3. The first-order valence-electron chi connectivity index (χ1n) is 7.98. The highest BCUT2D eigenvalue weighted by molar-refractivity contribution is 8.15. The summed E-state index contributed by atoms with van der Waals surface area (Å²) in [7, 11) is 0. The van der Waals surface area contributed by atoms with Crippen LogP contribution < -0.4 is 10.1 Å². The first-order valence-corrected chi connectivity index (χ1v) is 8.86. The molecule has 1 fully saturated rings. The number of nitriles is 1. The fourth-order valence-corrected chi connectivity index (χ4v) is 2.99. The second-order valence-electron chi connectivity index (χ2n) is 5.38. The van der Waals surface area contributed by atoms with Crippen LogP contribution in [-0.4, -0.2) is 40.2 Å². The third-order valence-corrected chi connectivity index (χ3v) is 4.37. The number of amidine groups is 1. The van der Waals surface area contributed by atoms with E-state index in [4.69, 9.17) is 15.1 Å². The molecular formula is C17H18N4O4S. The number of rotatable bonds is 9. The van der Waals surface area contributed by atoms with E-state index in [-0.39, 0.29) is 17.5 Å². The van der Waals surface area contributed by atoms with E-state index in [1.807, 2.05) is 24.3 Å². The minimum atomic E-state index is -1.04. The van der Waals surface area contributed by atoms with Crippen molar-refractivity contribution in [1.82, 2.24) is 5.32 Å². The van der Waals surface area contributed by atoms with Gasteiger partial charge in [-0.2, -0.15) is 10.4 Å². The molecule has 1 aromatic carbocycles. The average Bonchev–Trinajstić information content (AvgIpc) is 2.94. The van der Waals surface area contributed by atoms with Gasteiger partial charge < -0.3 is 15.2 Å². The van der Waals surface area contributed by atoms with Crippen LogP contribution in [0.4, 0.5) is 0 Å². The molecule has 2 N–H and O–H groups in total. The van der Waals surface area contributed by atoms with Crippen molar-refractivity contribution < 1.29 is 19.4 Å². The number of benzene rings is 1. The molecule has 0 spiro atoms. The summed E-state index contributed by atoms with van der Waals surface area (Å²) in [5, 5.41) is 27.2. The van der Waals surface area contributed by atoms with Gasteiger partial charge in [-0.05, 0) is 30.5 Å². The molecule has 1 heterocycles. The maximum atomic E-state index is 11.6. The van der Waals surface area contributed by atoms with Gasteiger partial charge in [-0.3, -0.25) is 9.59 Å². The number of carboxylic acids is 1. The smallest absolute Gasteiger partial charge is 0.305 e. The van der Waals surface area contributed by atoms with Gasteiger partial charge in [0.25, 0.3) is 0 Å². The van der Waals surface area contributed by atoms with Crippen molar-refractivity contribution >= 4 is 35.0 Å². The Morgan fingerprint density at radius 1 is 1.46 bits per heavy atom. The molecule has 1 aliphatic rings. The molecule has 0 bridgehead atoms. The Kier molecular flexibility index (Phi) is 7.64. The van der Waals surface area contributed by atoms with E-state index in [0.717, 1.165) is 30.2 Å². The quantitative estimate of drug-likeness (QED) is 0.388. The molecule has 0 aromatic heterocycles. The standard InChI is InChI=1S/C17H18N4O4S/c18-7-2-1-3-8-25-13-6-4-5-12(9-13)11-19-21-17-20-16(24)14(26-17)10-15(22)23/h4-6,9,11,14H,1-3,8,10H2,(H,22,23)(H,20,21,24). The summed E-state index contributed by atoms with van der Waals surface area (Å²) in [6.07, 6.45) is 3.41. The lowest BCUT2D eigenvalue weighted by Crippen LogP contribution is -2.26. The first-order chi connectivity index (χ1) is 12.6. The minimum absolute atomic E-state index is 0.257. The van der Waals surface area contributed by atoms with Gasteiger partial charge in [0.15, 0.2) is 5.17 Å². The van der Waals surface area contributed by atoms with Gasteiger partial charge in [-0.1, -0.05) is 23.9 Å². The lowest BCUT2D eigenvalue weighted by atomic mass is 10.2. The summed E-state index contributed by atoms with van der Waals surface area (Å²) in [6.45, 7) is 0.540. The van der Waals surface area contributed by atoms with Crippen LogP contribution in [0.15, 0.2) is 34.5 Å². The van der Waals surface area contributed by atoms with E-state index in [2.05, 4.69) is 21.6 Å². The zero-order chi connectivity index (χ0) is 18.8. The Morgan fingerprint density at radius 2 is 2.31 bits per heavy atom. The van der Waals surface area contributed by atoms with Crippen LogP contribution in [0.5, 0.6) is 5.75 Å². The van der Waals surface area contributed by atoms with Gasteiger partial charge >= 0.3 is 5.97 Å². The van der Waals surface area contributed by atoms with Crippen molar-refractivity contribution in [2.24, 2.45) is 10.2 Å². The number of unbranched alkanes of at least 4 members (excludes halogenated alkanes) is 2. The van der Waals surface area contributed by atoms with Crippen molar-refractivity contribution in [1.29, 1.82) is 5.26 Å². The van der Waals surface area contributed by atoms with Crippen LogP contribution in [0.1, 0.15) is 31.2 Å². The molecule has 8 nitrogen and oxygen atoms in total. The fourth-order valence-electron chi connectivity index (χ4n) is 2.07. The number of carbonyl (C=O) groups excluding carboxylic acids is 1. The van der Waals surface area contributed by atoms with E-state index in [0.29, 0.717) is 18.8 Å². The predicted molar refractivity (Wildman–Crippen MR) is 98.2 cm³/mol. The third kappa shape index (κ3) is 6.57. The number of hydrogen-bond acceptors (Lipinski definition) is 7. The van der Waals surface area contributed by atoms with Crippen LogP contribution in [0.2, 0.25) is 0 Å². The Balaban J connectivity index is 1.86. The zero-order valence-electron chi connectivity index (χ0n) is 13.9. The molecule has 1 saturated heterocycles. The Labute approximate surface area is 154 Å². The summed E-state index contributed by atoms with van der Waals surface area (Å²) in [5.41, 5.74) is 0.778. The van der Waals surface area contributed by atoms with E-state index in [1.165, 1.54) is 6.21 Å². The van der Waals surface area contributed by atoms with Crippen molar-refractivity contribution in [2.75, 3.05) is 6.61 Å². The molecule has 0 aliphatic carbocycles. The molecule has 136 valence electrons. The molecule has 1 unspecified atom stereocenters. The number of amides is 1. The van der Waals surface area contributed by atoms with Gasteiger partial charge in [0, 0.05) is 6.42 Å². The van der Waals surface area contributed by atoms with Crippen LogP contribution in [-0.2, 0) is 9.59 Å². The van der Waals surface area contributed by atoms with Crippen LogP contribution in [0.3, 0.4) is 0 Å². The van der Waals surface area contributed by atoms with Crippen LogP contribution in [0, 0.1) is 11.3 Å². The summed E-state index contributed by atoms with van der Waals surface area (Å²) >= 11 is 1.05. The molecule has 26 heavy (non-hydrogen) atoms. The monoisotopic (exact) mass is 374 g/mol. The minimum Gasteiger partial charge on any atom is -0.494 e. The lowest BCUT2D eigenvalue weighted by Gasteiger charge is -2.05. The Hall–Kier alpha value is -2.86. The summed E-state index contributed by atoms with van der Waals surface area (Å²) in [6, 6.07) is 9.39. The topological polar surface area (TPSA) is 124 Å². The average molecular weight is 374 g/mol. The lowest BCUT2D eigenvalue weighted by molar-refractivity contribution is -0.138. The van der Waals surface area contributed by atoms with E-state index >= 15 is 0 Å². The number of ether oxygens (including phenoxy) is 1. The number of carboxylic acid groups (broad SMARTS) is 1. The largest absolute Gasteiger partial charge is 0.494 e. The number of nitrogens with zero attached hydrogens (tertiary/aromatic N) is 3. The van der Waals surface area contributed by atoms with Gasteiger partial charge in [0.1, 0.15) is 11.0 Å². The second kappa shape index (κ2) is 10.2. The van der Waals surface area contributed by atoms with Crippen LogP contribution >= 0.6 is 11.8 Å². The Bertz CT molecular complexity index is 757. The molecule has 1 atom stereocenters.